The summed E-state index contributed by atoms with van der Waals surface area (Å²) in [6.45, 7) is 2.88. The Hall–Kier alpha value is -3.00. The Labute approximate surface area is 135 Å². The number of benzene rings is 2. The topological polar surface area (TPSA) is 74.2 Å². The lowest BCUT2D eigenvalue weighted by atomic mass is 10.1. The molecule has 118 valence electrons. The van der Waals surface area contributed by atoms with Crippen LogP contribution in [0.4, 0.5) is 10.5 Å². The highest BCUT2D eigenvalue weighted by atomic mass is 16.5. The van der Waals surface area contributed by atoms with Crippen LogP contribution in [0.2, 0.25) is 0 Å². The van der Waals surface area contributed by atoms with Crippen molar-refractivity contribution in [1.29, 1.82) is 5.26 Å². The van der Waals surface area contributed by atoms with Crippen LogP contribution < -0.4 is 15.4 Å². The summed E-state index contributed by atoms with van der Waals surface area (Å²) in [6.07, 6.45) is 0.906. The molecular weight excluding hydrogens is 290 g/mol. The molecule has 0 aliphatic rings. The summed E-state index contributed by atoms with van der Waals surface area (Å²) in [5, 5.41) is 14.1. The van der Waals surface area contributed by atoms with Crippen molar-refractivity contribution < 1.29 is 9.53 Å². The van der Waals surface area contributed by atoms with E-state index in [0.29, 0.717) is 24.4 Å². The van der Waals surface area contributed by atoms with Gasteiger partial charge in [0.15, 0.2) is 0 Å². The number of hydrogen-bond acceptors (Lipinski definition) is 3. The lowest BCUT2D eigenvalue weighted by molar-refractivity contribution is 0.247. The number of urea groups is 1. The van der Waals surface area contributed by atoms with Gasteiger partial charge in [-0.05, 0) is 42.3 Å². The molecule has 23 heavy (non-hydrogen) atoms. The van der Waals surface area contributed by atoms with Crippen molar-refractivity contribution in [3.63, 3.8) is 0 Å². The van der Waals surface area contributed by atoms with Crippen molar-refractivity contribution in [1.82, 2.24) is 5.32 Å². The highest BCUT2D eigenvalue weighted by Crippen LogP contribution is 2.17. The molecule has 0 spiro atoms. The van der Waals surface area contributed by atoms with Crippen LogP contribution in [0.25, 0.3) is 0 Å². The number of carbonyl (C=O) groups excluding carboxylic acids is 1. The fourth-order valence-electron chi connectivity index (χ4n) is 2.07. The van der Waals surface area contributed by atoms with Gasteiger partial charge in [0.25, 0.3) is 0 Å². The molecule has 2 rings (SSSR count). The minimum absolute atomic E-state index is 0.304. The van der Waals surface area contributed by atoms with Gasteiger partial charge < -0.3 is 15.4 Å². The van der Waals surface area contributed by atoms with E-state index in [-0.39, 0.29) is 6.03 Å². The molecule has 5 heteroatoms. The molecule has 0 radical (unpaired) electrons. The third-order valence-electron chi connectivity index (χ3n) is 3.27. The number of hydrogen-bond donors (Lipinski definition) is 2. The molecule has 0 fully saturated rings. The first kappa shape index (κ1) is 16.4. The number of carbonyl (C=O) groups is 1. The zero-order valence-corrected chi connectivity index (χ0v) is 13.0. The second kappa shape index (κ2) is 8.44. The quantitative estimate of drug-likeness (QED) is 0.804. The van der Waals surface area contributed by atoms with Gasteiger partial charge in [-0.3, -0.25) is 0 Å². The van der Waals surface area contributed by atoms with Gasteiger partial charge in [0, 0.05) is 5.69 Å². The predicted octanol–water partition coefficient (Wildman–Crippen LogP) is 3.32. The monoisotopic (exact) mass is 309 g/mol. The lowest BCUT2D eigenvalue weighted by Crippen LogP contribution is -2.32. The number of nitrogens with one attached hydrogen (secondary N) is 2. The molecule has 0 aliphatic carbocycles. The van der Waals surface area contributed by atoms with Crippen molar-refractivity contribution in [2.24, 2.45) is 0 Å². The zero-order valence-electron chi connectivity index (χ0n) is 13.0. The highest BCUT2D eigenvalue weighted by Gasteiger charge is 2.03. The van der Waals surface area contributed by atoms with Gasteiger partial charge in [0.1, 0.15) is 12.4 Å². The molecule has 2 aromatic rings. The maximum Gasteiger partial charge on any atom is 0.319 e. The van der Waals surface area contributed by atoms with Crippen LogP contribution in [0, 0.1) is 11.3 Å². The largest absolute Gasteiger partial charge is 0.491 e. The number of ether oxygens (including phenoxy) is 1. The van der Waals surface area contributed by atoms with Gasteiger partial charge in [-0.2, -0.15) is 5.26 Å². The van der Waals surface area contributed by atoms with Crippen molar-refractivity contribution in [2.75, 3.05) is 18.5 Å². The third-order valence-corrected chi connectivity index (χ3v) is 3.27. The van der Waals surface area contributed by atoms with Crippen LogP contribution >= 0.6 is 0 Å². The normalized spacial score (nSPS) is 9.74. The van der Waals surface area contributed by atoms with Crippen LogP contribution in [-0.2, 0) is 6.42 Å². The van der Waals surface area contributed by atoms with Crippen LogP contribution in [-0.4, -0.2) is 19.2 Å². The van der Waals surface area contributed by atoms with Gasteiger partial charge in [0.2, 0.25) is 0 Å². The zero-order chi connectivity index (χ0) is 16.5. The van der Waals surface area contributed by atoms with Crippen LogP contribution in [0.3, 0.4) is 0 Å². The number of nitrogens with zero attached hydrogens (tertiary/aromatic N) is 1. The Morgan fingerprint density at radius 3 is 2.61 bits per heavy atom. The Morgan fingerprint density at radius 2 is 1.91 bits per heavy atom. The molecule has 0 aromatic heterocycles. The summed E-state index contributed by atoms with van der Waals surface area (Å²) in [5.41, 5.74) is 2.34. The average Bonchev–Trinajstić information content (AvgIpc) is 2.59. The summed E-state index contributed by atoms with van der Waals surface area (Å²) in [7, 11) is 0. The summed E-state index contributed by atoms with van der Waals surface area (Å²) < 4.78 is 5.68. The fourth-order valence-corrected chi connectivity index (χ4v) is 2.07. The molecule has 5 nitrogen and oxygen atoms in total. The highest BCUT2D eigenvalue weighted by molar-refractivity contribution is 5.89. The number of anilines is 1. The Balaban J connectivity index is 1.73. The molecule has 0 unspecified atom stereocenters. The first-order chi connectivity index (χ1) is 11.2. The standard InChI is InChI=1S/C18H19N3O2/c1-2-15-5-3-4-6-17(15)23-12-11-20-18(22)21-16-9-7-14(13-19)8-10-16/h3-10H,2,11-12H2,1H3,(H2,20,21,22). The van der Waals surface area contributed by atoms with E-state index in [4.69, 9.17) is 10.00 Å². The van der Waals surface area contributed by atoms with Crippen LogP contribution in [0.15, 0.2) is 48.5 Å². The van der Waals surface area contributed by atoms with Crippen molar-refractivity contribution >= 4 is 11.7 Å². The third kappa shape index (κ3) is 5.04. The first-order valence-electron chi connectivity index (χ1n) is 7.48. The van der Waals surface area contributed by atoms with E-state index in [1.165, 1.54) is 0 Å². The summed E-state index contributed by atoms with van der Waals surface area (Å²) in [5.74, 6) is 0.851. The molecule has 0 saturated carbocycles. The molecule has 0 bridgehead atoms. The number of nitriles is 1. The van der Waals surface area contributed by atoms with Crippen molar-refractivity contribution in [3.05, 3.63) is 59.7 Å². The molecule has 0 heterocycles. The smallest absolute Gasteiger partial charge is 0.319 e. The Morgan fingerprint density at radius 1 is 1.17 bits per heavy atom. The molecule has 2 aromatic carbocycles. The second-order valence-electron chi connectivity index (χ2n) is 4.88. The minimum atomic E-state index is -0.304. The van der Waals surface area contributed by atoms with E-state index < -0.39 is 0 Å². The van der Waals surface area contributed by atoms with Gasteiger partial charge >= 0.3 is 6.03 Å². The Kier molecular flexibility index (Phi) is 6.01. The van der Waals surface area contributed by atoms with Crippen LogP contribution in [0.1, 0.15) is 18.1 Å². The van der Waals surface area contributed by atoms with E-state index >= 15 is 0 Å². The van der Waals surface area contributed by atoms with E-state index in [9.17, 15) is 4.79 Å². The summed E-state index contributed by atoms with van der Waals surface area (Å²) in [6, 6.07) is 16.3. The van der Waals surface area contributed by atoms with Crippen molar-refractivity contribution in [2.45, 2.75) is 13.3 Å². The molecule has 0 saturated heterocycles. The minimum Gasteiger partial charge on any atom is -0.491 e. The van der Waals surface area contributed by atoms with Gasteiger partial charge in [-0.25, -0.2) is 4.79 Å². The van der Waals surface area contributed by atoms with Gasteiger partial charge in [-0.15, -0.1) is 0 Å². The number of aryl methyl sites for hydroxylation is 1. The molecule has 0 atom stereocenters. The lowest BCUT2D eigenvalue weighted by Gasteiger charge is -2.11. The molecule has 0 aliphatic heterocycles. The first-order valence-corrected chi connectivity index (χ1v) is 7.48. The Bertz CT molecular complexity index is 690. The molecular formula is C18H19N3O2. The van der Waals surface area contributed by atoms with E-state index in [0.717, 1.165) is 17.7 Å². The van der Waals surface area contributed by atoms with E-state index in [2.05, 4.69) is 17.6 Å². The number of amides is 2. The van der Waals surface area contributed by atoms with Gasteiger partial charge in [-0.1, -0.05) is 25.1 Å². The maximum atomic E-state index is 11.8. The average molecular weight is 309 g/mol. The SMILES string of the molecule is CCc1ccccc1OCCNC(=O)Nc1ccc(C#N)cc1. The number of para-hydroxylation sites is 1. The van der Waals surface area contributed by atoms with E-state index in [1.807, 2.05) is 30.3 Å². The maximum absolute atomic E-state index is 11.8. The van der Waals surface area contributed by atoms with E-state index in [1.54, 1.807) is 24.3 Å². The van der Waals surface area contributed by atoms with Crippen molar-refractivity contribution in [3.8, 4) is 11.8 Å². The summed E-state index contributed by atoms with van der Waals surface area (Å²) >= 11 is 0. The second-order valence-corrected chi connectivity index (χ2v) is 4.88. The molecule has 2 N–H and O–H groups in total. The molecule has 2 amide bonds. The van der Waals surface area contributed by atoms with Gasteiger partial charge in [0.05, 0.1) is 18.2 Å². The predicted molar refractivity (Wildman–Crippen MR) is 89.5 cm³/mol. The number of rotatable bonds is 6. The summed E-state index contributed by atoms with van der Waals surface area (Å²) in [4.78, 5) is 11.8. The van der Waals surface area contributed by atoms with Crippen LogP contribution in [0.5, 0.6) is 5.75 Å². The fraction of sp³-hybridized carbons (Fsp3) is 0.222.